The molecule has 0 amide bonds. The summed E-state index contributed by atoms with van der Waals surface area (Å²) in [6, 6.07) is 57.0. The lowest BCUT2D eigenvalue weighted by molar-refractivity contribution is -0.0522. The van der Waals surface area contributed by atoms with Crippen molar-refractivity contribution in [2.75, 3.05) is 0 Å². The third-order valence-electron chi connectivity index (χ3n) is 8.25. The minimum atomic E-state index is -6.09. The predicted octanol–water partition coefficient (Wildman–Crippen LogP) is 11.9. The number of benzene rings is 6. The number of aryl methyl sites for hydroxylation is 3. The molecule has 6 aromatic carbocycles. The molecule has 0 atom stereocenters. The molecule has 0 bridgehead atoms. The molecule has 61 heavy (non-hydrogen) atoms. The van der Waals surface area contributed by atoms with Gasteiger partial charge < -0.3 is 9.11 Å². The van der Waals surface area contributed by atoms with Crippen molar-refractivity contribution in [3.05, 3.63) is 180 Å². The lowest BCUT2D eigenvalue weighted by Crippen LogP contribution is -2.21. The number of rotatable bonds is 6. The van der Waals surface area contributed by atoms with Crippen molar-refractivity contribution in [1.82, 2.24) is 0 Å². The van der Waals surface area contributed by atoms with Crippen LogP contribution in [0.15, 0.2) is 187 Å². The minimum Gasteiger partial charge on any atom is -0.741 e. The van der Waals surface area contributed by atoms with Crippen molar-refractivity contribution >= 4 is 42.0 Å². The van der Waals surface area contributed by atoms with Gasteiger partial charge in [-0.15, -0.1) is 0 Å². The Kier molecular flexibility index (Phi) is 17.9. The molecule has 0 heterocycles. The summed E-state index contributed by atoms with van der Waals surface area (Å²) in [5.41, 5.74) is -5.62. The molecule has 0 N–H and O–H groups in total. The monoisotopic (exact) mass is 922 g/mol. The van der Waals surface area contributed by atoms with Crippen molar-refractivity contribution < 1.29 is 52.3 Å². The lowest BCUT2D eigenvalue weighted by atomic mass is 9.87. The topological polar surface area (TPSA) is 114 Å². The Bertz CT molecular complexity index is 2350. The van der Waals surface area contributed by atoms with Crippen LogP contribution < -0.4 is 0 Å². The summed E-state index contributed by atoms with van der Waals surface area (Å²) in [7, 11) is -12.3. The Labute approximate surface area is 359 Å². The Hall–Kier alpha value is -4.58. The van der Waals surface area contributed by atoms with Gasteiger partial charge in [0.05, 0.1) is 21.8 Å². The summed E-state index contributed by atoms with van der Waals surface area (Å²) in [5.74, 6) is 0. The molecule has 0 radical (unpaired) electrons. The molecule has 0 saturated carbocycles. The van der Waals surface area contributed by atoms with Gasteiger partial charge in [-0.25, -0.2) is 16.8 Å². The SMILES string of the molecule is CC(C)(C)c1ccc([S+](c2ccccc2)c2ccccc2)cc1.Cc1cc(C)c([S+](c2ccccc2)c2ccccc2)c(C)c1.O=S(=O)([O-])C(F)(F)F.O=S(=O)([O-])C(F)(F)F. The van der Waals surface area contributed by atoms with E-state index in [-0.39, 0.29) is 27.2 Å². The molecular formula is C45H44F6O6S4. The zero-order valence-electron chi connectivity index (χ0n) is 33.9. The zero-order chi connectivity index (χ0) is 45.8. The second kappa shape index (κ2) is 21.5. The van der Waals surface area contributed by atoms with Gasteiger partial charge in [0.25, 0.3) is 0 Å². The van der Waals surface area contributed by atoms with Crippen LogP contribution in [0.2, 0.25) is 0 Å². The average molecular weight is 923 g/mol. The summed E-state index contributed by atoms with van der Waals surface area (Å²) >= 11 is 0. The van der Waals surface area contributed by atoms with Crippen molar-refractivity contribution in [3.63, 3.8) is 0 Å². The maximum Gasteiger partial charge on any atom is 0.485 e. The van der Waals surface area contributed by atoms with E-state index in [2.05, 4.69) is 199 Å². The maximum absolute atomic E-state index is 10.7. The fourth-order valence-corrected chi connectivity index (χ4v) is 10.0. The van der Waals surface area contributed by atoms with Gasteiger partial charge in [0.15, 0.2) is 49.6 Å². The van der Waals surface area contributed by atoms with Gasteiger partial charge in [-0.3, -0.25) is 0 Å². The van der Waals surface area contributed by atoms with Crippen LogP contribution in [-0.4, -0.2) is 37.0 Å². The summed E-state index contributed by atoms with van der Waals surface area (Å²) in [6.07, 6.45) is 0. The average Bonchev–Trinajstić information content (AvgIpc) is 3.17. The van der Waals surface area contributed by atoms with Gasteiger partial charge in [0, 0.05) is 11.1 Å². The van der Waals surface area contributed by atoms with Gasteiger partial charge in [0.2, 0.25) is 0 Å². The van der Waals surface area contributed by atoms with Crippen molar-refractivity contribution in [1.29, 1.82) is 0 Å². The van der Waals surface area contributed by atoms with E-state index in [4.69, 9.17) is 25.9 Å². The third-order valence-corrected chi connectivity index (χ3v) is 14.2. The number of hydrogen-bond acceptors (Lipinski definition) is 6. The van der Waals surface area contributed by atoms with Gasteiger partial charge in [-0.1, -0.05) is 123 Å². The fourth-order valence-electron chi connectivity index (χ4n) is 5.59. The van der Waals surface area contributed by atoms with Crippen LogP contribution in [0.4, 0.5) is 26.3 Å². The third kappa shape index (κ3) is 15.4. The van der Waals surface area contributed by atoms with Crippen LogP contribution in [0.25, 0.3) is 0 Å². The molecule has 0 spiro atoms. The van der Waals surface area contributed by atoms with Crippen molar-refractivity contribution in [2.24, 2.45) is 0 Å². The standard InChI is InChI=1S/C22H23S.C21H21S.2CHF3O3S/c1-22(2,3)18-14-16-21(17-15-18)23(19-10-6-4-7-11-19)20-12-8-5-9-13-20;1-16-14-17(2)21(18(3)15-16)22(19-10-6-4-7-11-19)20-12-8-5-9-13-20;2*2-1(3,4)8(5,6)7/h4-17H,1-3H3;4-15H,1-3H3;2*(H,5,6,7)/q2*+1;;/p-2. The van der Waals surface area contributed by atoms with Crippen molar-refractivity contribution in [3.8, 4) is 0 Å². The van der Waals surface area contributed by atoms with Gasteiger partial charge in [-0.05, 0) is 92.4 Å². The van der Waals surface area contributed by atoms with Crippen LogP contribution in [-0.2, 0) is 47.4 Å². The highest BCUT2D eigenvalue weighted by Gasteiger charge is 2.38. The maximum atomic E-state index is 10.7. The first-order chi connectivity index (χ1) is 28.2. The molecule has 6 rings (SSSR count). The van der Waals surface area contributed by atoms with E-state index >= 15 is 0 Å². The van der Waals surface area contributed by atoms with E-state index in [0.29, 0.717) is 0 Å². The van der Waals surface area contributed by atoms with E-state index in [1.165, 1.54) is 51.6 Å². The molecule has 0 aliphatic carbocycles. The molecule has 6 nitrogen and oxygen atoms in total. The van der Waals surface area contributed by atoms with E-state index < -0.39 is 31.3 Å². The van der Waals surface area contributed by atoms with Gasteiger partial charge in [-0.2, -0.15) is 26.3 Å². The Morgan fingerprint density at radius 2 is 0.672 bits per heavy atom. The summed E-state index contributed by atoms with van der Waals surface area (Å²) in [4.78, 5) is 8.32. The van der Waals surface area contributed by atoms with E-state index in [1.807, 2.05) is 0 Å². The molecule has 6 aromatic rings. The van der Waals surface area contributed by atoms with E-state index in [0.717, 1.165) is 0 Å². The van der Waals surface area contributed by atoms with Crippen LogP contribution in [0.1, 0.15) is 43.0 Å². The largest absolute Gasteiger partial charge is 0.741 e. The van der Waals surface area contributed by atoms with E-state index in [1.54, 1.807) is 0 Å². The fraction of sp³-hybridized carbons (Fsp3) is 0.200. The molecule has 0 fully saturated rings. The molecule has 0 aromatic heterocycles. The highest BCUT2D eigenvalue weighted by molar-refractivity contribution is 7.97. The Morgan fingerprint density at radius 3 is 0.918 bits per heavy atom. The normalized spacial score (nSPS) is 12.0. The van der Waals surface area contributed by atoms with Gasteiger partial charge >= 0.3 is 11.0 Å². The Balaban J connectivity index is 0.000000242. The lowest BCUT2D eigenvalue weighted by Gasteiger charge is -2.19. The zero-order valence-corrected chi connectivity index (χ0v) is 37.1. The smallest absolute Gasteiger partial charge is 0.485 e. The minimum absolute atomic E-state index is 0.0460. The van der Waals surface area contributed by atoms with Crippen LogP contribution in [0.5, 0.6) is 0 Å². The first-order valence-corrected chi connectivity index (χ1v) is 23.4. The number of alkyl halides is 6. The van der Waals surface area contributed by atoms with Crippen LogP contribution in [0.3, 0.4) is 0 Å². The first kappa shape index (κ1) is 50.8. The molecule has 0 saturated heterocycles. The first-order valence-electron chi connectivity index (χ1n) is 18.1. The van der Waals surface area contributed by atoms with Gasteiger partial charge in [0.1, 0.15) is 0 Å². The second-order valence-corrected chi connectivity index (χ2v) is 20.9. The highest BCUT2D eigenvalue weighted by atomic mass is 32.2. The van der Waals surface area contributed by atoms with Crippen LogP contribution >= 0.6 is 0 Å². The number of hydrogen-bond donors (Lipinski definition) is 0. The second-order valence-electron chi connectivity index (χ2n) is 14.2. The molecule has 0 unspecified atom stereocenters. The summed E-state index contributed by atoms with van der Waals surface area (Å²) in [5, 5.41) is 0. The molecule has 326 valence electrons. The summed E-state index contributed by atoms with van der Waals surface area (Å²) in [6.45, 7) is 13.4. The molecule has 16 heteroatoms. The molecular weight excluding hydrogens is 879 g/mol. The summed E-state index contributed by atoms with van der Waals surface area (Å²) < 4.78 is 118. The molecule has 0 aliphatic heterocycles. The quantitative estimate of drug-likeness (QED) is 0.0711. The highest BCUT2D eigenvalue weighted by Crippen LogP contribution is 2.36. The predicted molar refractivity (Wildman–Crippen MR) is 227 cm³/mol. The molecule has 0 aliphatic rings. The number of halogens is 6. The van der Waals surface area contributed by atoms with E-state index in [9.17, 15) is 26.3 Å². The Morgan fingerprint density at radius 1 is 0.426 bits per heavy atom. The van der Waals surface area contributed by atoms with Crippen molar-refractivity contribution in [2.45, 2.75) is 87.3 Å². The van der Waals surface area contributed by atoms with Crippen LogP contribution in [0, 0.1) is 20.8 Å².